The van der Waals surface area contributed by atoms with Gasteiger partial charge in [-0.2, -0.15) is 8.42 Å². The molecule has 4 rings (SSSR count). The summed E-state index contributed by atoms with van der Waals surface area (Å²) in [5.41, 5.74) is 2.81. The van der Waals surface area contributed by atoms with Crippen molar-refractivity contribution in [3.8, 4) is 0 Å². The Bertz CT molecular complexity index is 1560. The minimum atomic E-state index is -5.62. The Hall–Kier alpha value is -3.21. The molecule has 0 aliphatic rings. The Morgan fingerprint density at radius 3 is 0.977 bits per heavy atom. The van der Waals surface area contributed by atoms with Crippen molar-refractivity contribution in [2.45, 2.75) is 78.9 Å². The Labute approximate surface area is 251 Å². The molecule has 4 aromatic carbocycles. The molecule has 3 nitrogen and oxygen atoms in total. The van der Waals surface area contributed by atoms with Crippen molar-refractivity contribution >= 4 is 20.4 Å². The van der Waals surface area contributed by atoms with Gasteiger partial charge in [-0.3, -0.25) is 0 Å². The SMILES string of the molecule is CC(C)c1ccc(S(OS(=O)(=O)c2c(F)c(F)c(F)c(F)c2F)(c2ccc(C(C)C)cc2)c2ccc(C(C)C)cc2)cc1. The zero-order chi connectivity index (χ0) is 31.9. The summed E-state index contributed by atoms with van der Waals surface area (Å²) in [5, 5.41) is 0. The van der Waals surface area contributed by atoms with Crippen LogP contribution in [0, 0.1) is 29.1 Å². The van der Waals surface area contributed by atoms with Gasteiger partial charge in [0.2, 0.25) is 5.82 Å². The highest BCUT2D eigenvalue weighted by Crippen LogP contribution is 2.70. The van der Waals surface area contributed by atoms with E-state index in [2.05, 4.69) is 0 Å². The summed E-state index contributed by atoms with van der Waals surface area (Å²) in [6.07, 6.45) is 0. The van der Waals surface area contributed by atoms with Gasteiger partial charge in [0.1, 0.15) is 0 Å². The molecule has 0 atom stereocenters. The molecule has 0 saturated heterocycles. The highest BCUT2D eigenvalue weighted by molar-refractivity contribution is 8.33. The summed E-state index contributed by atoms with van der Waals surface area (Å²) in [6, 6.07) is 20.8. The molecule has 0 N–H and O–H groups in total. The van der Waals surface area contributed by atoms with Crippen molar-refractivity contribution in [1.82, 2.24) is 0 Å². The van der Waals surface area contributed by atoms with Crippen molar-refractivity contribution in [2.75, 3.05) is 0 Å². The molecule has 0 unspecified atom stereocenters. The average Bonchev–Trinajstić information content (AvgIpc) is 2.98. The van der Waals surface area contributed by atoms with E-state index in [0.29, 0.717) is 14.7 Å². The Balaban J connectivity index is 2.10. The Morgan fingerprint density at radius 1 is 0.465 bits per heavy atom. The summed E-state index contributed by atoms with van der Waals surface area (Å²) in [6.45, 7) is 11.9. The third-order valence-electron chi connectivity index (χ3n) is 7.25. The third kappa shape index (κ3) is 6.10. The fraction of sp³-hybridized carbons (Fsp3) is 0.273. The van der Waals surface area contributed by atoms with E-state index in [1.54, 1.807) is 72.8 Å². The zero-order valence-corrected chi connectivity index (χ0v) is 26.2. The third-order valence-corrected chi connectivity index (χ3v) is 12.4. The van der Waals surface area contributed by atoms with Crippen molar-refractivity contribution < 1.29 is 34.0 Å². The van der Waals surface area contributed by atoms with Crippen LogP contribution in [0.25, 0.3) is 0 Å². The molecule has 4 aromatic rings. The van der Waals surface area contributed by atoms with Crippen LogP contribution in [0.15, 0.2) is 92.4 Å². The van der Waals surface area contributed by atoms with E-state index in [9.17, 15) is 30.4 Å². The number of rotatable bonds is 9. The summed E-state index contributed by atoms with van der Waals surface area (Å²) in [5.74, 6) is -11.8. The molecule has 230 valence electrons. The molecule has 0 bridgehead atoms. The lowest BCUT2D eigenvalue weighted by Crippen LogP contribution is -2.19. The van der Waals surface area contributed by atoms with Crippen LogP contribution in [0.3, 0.4) is 0 Å². The van der Waals surface area contributed by atoms with Crippen LogP contribution in [0.4, 0.5) is 22.0 Å². The van der Waals surface area contributed by atoms with Crippen molar-refractivity contribution in [3.05, 3.63) is 119 Å². The van der Waals surface area contributed by atoms with Gasteiger partial charge in [-0.25, -0.2) is 25.6 Å². The first-order chi connectivity index (χ1) is 20.1. The summed E-state index contributed by atoms with van der Waals surface area (Å²) >= 11 is 0. The van der Waals surface area contributed by atoms with Gasteiger partial charge >= 0.3 is 10.1 Å². The van der Waals surface area contributed by atoms with Gasteiger partial charge in [0.25, 0.3) is 0 Å². The first-order valence-corrected chi connectivity index (χ1v) is 16.7. The maximum Gasteiger partial charge on any atom is 0.313 e. The van der Waals surface area contributed by atoms with Gasteiger partial charge in [-0.05, 0) is 81.2 Å². The number of hydrogen-bond acceptors (Lipinski definition) is 3. The zero-order valence-electron chi connectivity index (χ0n) is 24.6. The van der Waals surface area contributed by atoms with E-state index in [4.69, 9.17) is 3.63 Å². The molecular weight excluding hydrogens is 603 g/mol. The summed E-state index contributed by atoms with van der Waals surface area (Å²) in [7, 11) is -9.02. The normalized spacial score (nSPS) is 12.9. The topological polar surface area (TPSA) is 43.4 Å². The molecule has 10 heteroatoms. The van der Waals surface area contributed by atoms with Crippen LogP contribution < -0.4 is 0 Å². The molecule has 0 aliphatic carbocycles. The van der Waals surface area contributed by atoms with E-state index < -0.39 is 54.4 Å². The summed E-state index contributed by atoms with van der Waals surface area (Å²) < 4.78 is 106. The maximum atomic E-state index is 14.9. The minimum Gasteiger partial charge on any atom is -0.203 e. The van der Waals surface area contributed by atoms with Gasteiger partial charge in [-0.1, -0.05) is 77.9 Å². The second-order valence-corrected chi connectivity index (χ2v) is 15.5. The molecule has 0 radical (unpaired) electrons. The van der Waals surface area contributed by atoms with Gasteiger partial charge in [0.05, 0.1) is 0 Å². The second kappa shape index (κ2) is 12.4. The van der Waals surface area contributed by atoms with E-state index in [1.807, 2.05) is 41.5 Å². The van der Waals surface area contributed by atoms with E-state index in [1.165, 1.54) is 0 Å². The van der Waals surface area contributed by atoms with Crippen LogP contribution >= 0.6 is 10.3 Å². The minimum absolute atomic E-state index is 0.132. The maximum absolute atomic E-state index is 14.9. The molecule has 0 saturated carbocycles. The number of benzene rings is 4. The standard InChI is InChI=1S/C33H33F5O3S2/c1-19(2)22-7-13-25(14-8-22)42(26-15-9-23(10-16-26)20(3)4,27-17-11-24(12-18-27)21(5)6)41-43(39,40)33-31(37)29(35)28(34)30(36)32(33)38/h7-21H,1-6H3. The number of hydrogen-bond donors (Lipinski definition) is 0. The van der Waals surface area contributed by atoms with E-state index in [-0.39, 0.29) is 17.8 Å². The monoisotopic (exact) mass is 636 g/mol. The lowest BCUT2D eigenvalue weighted by molar-refractivity contribution is 0.354. The van der Waals surface area contributed by atoms with Gasteiger partial charge in [0, 0.05) is 14.7 Å². The largest absolute Gasteiger partial charge is 0.313 e. The van der Waals surface area contributed by atoms with Crippen LogP contribution in [-0.2, 0) is 13.7 Å². The lowest BCUT2D eigenvalue weighted by atomic mass is 10.0. The second-order valence-electron chi connectivity index (χ2n) is 11.1. The van der Waals surface area contributed by atoms with E-state index >= 15 is 0 Å². The van der Waals surface area contributed by atoms with Crippen LogP contribution in [0.1, 0.15) is 76.0 Å². The van der Waals surface area contributed by atoms with Gasteiger partial charge in [-0.15, -0.1) is 0 Å². The molecule has 43 heavy (non-hydrogen) atoms. The Kier molecular flexibility index (Phi) is 9.44. The van der Waals surface area contributed by atoms with Gasteiger partial charge < -0.3 is 0 Å². The fourth-order valence-electron chi connectivity index (χ4n) is 4.63. The average molecular weight is 637 g/mol. The molecule has 0 spiro atoms. The molecule has 0 aromatic heterocycles. The molecule has 0 aliphatic heterocycles. The first-order valence-electron chi connectivity index (χ1n) is 13.7. The first kappa shape index (κ1) is 32.7. The summed E-state index contributed by atoms with van der Waals surface area (Å²) in [4.78, 5) is -1.01. The Morgan fingerprint density at radius 2 is 0.721 bits per heavy atom. The quantitative estimate of drug-likeness (QED) is 0.104. The van der Waals surface area contributed by atoms with Crippen LogP contribution in [0.2, 0.25) is 0 Å². The van der Waals surface area contributed by atoms with E-state index in [0.717, 1.165) is 16.7 Å². The van der Waals surface area contributed by atoms with Crippen molar-refractivity contribution in [3.63, 3.8) is 0 Å². The highest BCUT2D eigenvalue weighted by atomic mass is 32.3. The van der Waals surface area contributed by atoms with Crippen molar-refractivity contribution in [1.29, 1.82) is 0 Å². The van der Waals surface area contributed by atoms with Crippen molar-refractivity contribution in [2.24, 2.45) is 0 Å². The predicted molar refractivity (Wildman–Crippen MR) is 158 cm³/mol. The molecule has 0 fully saturated rings. The van der Waals surface area contributed by atoms with Gasteiger partial charge in [0.15, 0.2) is 28.2 Å². The lowest BCUT2D eigenvalue weighted by Gasteiger charge is -2.40. The molecule has 0 amide bonds. The fourth-order valence-corrected chi connectivity index (χ4v) is 9.91. The number of halogens is 5. The van der Waals surface area contributed by atoms with Crippen LogP contribution in [0.5, 0.6) is 0 Å². The molecular formula is C33H33F5O3S2. The molecule has 0 heterocycles. The predicted octanol–water partition coefficient (Wildman–Crippen LogP) is 10.4. The smallest absolute Gasteiger partial charge is 0.203 e. The van der Waals surface area contributed by atoms with Crippen LogP contribution in [-0.4, -0.2) is 8.42 Å². The highest BCUT2D eigenvalue weighted by Gasteiger charge is 2.42.